The summed E-state index contributed by atoms with van der Waals surface area (Å²) in [5.74, 6) is 0.909. The molecule has 2 heterocycles. The molecule has 0 bridgehead atoms. The maximum Gasteiger partial charge on any atom is 0.239 e. The predicted octanol–water partition coefficient (Wildman–Crippen LogP) is 1.60. The van der Waals surface area contributed by atoms with E-state index in [1.807, 2.05) is 30.3 Å². The third-order valence-corrected chi connectivity index (χ3v) is 2.41. The highest BCUT2D eigenvalue weighted by Crippen LogP contribution is 2.24. The van der Waals surface area contributed by atoms with Crippen LogP contribution in [0.4, 0.5) is 5.95 Å². The first-order valence-electron chi connectivity index (χ1n) is 4.86. The molecule has 3 rings (SSSR count). The molecule has 0 aliphatic carbocycles. The van der Waals surface area contributed by atoms with Crippen LogP contribution in [0.1, 0.15) is 0 Å². The Morgan fingerprint density at radius 3 is 2.81 bits per heavy atom. The molecule has 16 heavy (non-hydrogen) atoms. The molecule has 0 aliphatic rings. The third kappa shape index (κ3) is 1.30. The number of fused-ring (bicyclic) bond motifs is 1. The standard InChI is InChI=1S/C11H9N5/c12-11-14-10(15-16-11)8-5-6-13-9-4-2-1-3-7(8)9/h1-6H,(H3,12,14,15,16). The predicted molar refractivity (Wildman–Crippen MR) is 61.5 cm³/mol. The SMILES string of the molecule is Nc1n[nH]c(-c2ccnc3ccccc23)n1. The van der Waals surface area contributed by atoms with Crippen LogP contribution in [0.5, 0.6) is 0 Å². The second kappa shape index (κ2) is 3.30. The van der Waals surface area contributed by atoms with Crippen molar-refractivity contribution in [2.45, 2.75) is 0 Å². The van der Waals surface area contributed by atoms with Crippen molar-refractivity contribution in [1.29, 1.82) is 0 Å². The van der Waals surface area contributed by atoms with Gasteiger partial charge >= 0.3 is 0 Å². The Balaban J connectivity index is 2.31. The van der Waals surface area contributed by atoms with Gasteiger partial charge < -0.3 is 5.73 Å². The largest absolute Gasteiger partial charge is 0.366 e. The monoisotopic (exact) mass is 211 g/mol. The summed E-state index contributed by atoms with van der Waals surface area (Å²) in [5, 5.41) is 7.65. The van der Waals surface area contributed by atoms with E-state index in [1.54, 1.807) is 6.20 Å². The van der Waals surface area contributed by atoms with Gasteiger partial charge in [-0.2, -0.15) is 4.98 Å². The van der Waals surface area contributed by atoms with Crippen molar-refractivity contribution in [3.8, 4) is 11.4 Å². The number of para-hydroxylation sites is 1. The quantitative estimate of drug-likeness (QED) is 0.640. The van der Waals surface area contributed by atoms with Gasteiger partial charge in [-0.1, -0.05) is 18.2 Å². The van der Waals surface area contributed by atoms with Gasteiger partial charge in [0.05, 0.1) is 5.52 Å². The molecule has 0 spiro atoms. The summed E-state index contributed by atoms with van der Waals surface area (Å²) in [6, 6.07) is 9.76. The fourth-order valence-electron chi connectivity index (χ4n) is 1.70. The number of nitrogens with one attached hydrogen (secondary N) is 1. The van der Waals surface area contributed by atoms with Crippen molar-refractivity contribution >= 4 is 16.9 Å². The molecule has 2 aromatic heterocycles. The summed E-state index contributed by atoms with van der Waals surface area (Å²) in [4.78, 5) is 8.40. The topological polar surface area (TPSA) is 80.5 Å². The number of hydrogen-bond donors (Lipinski definition) is 2. The molecule has 0 amide bonds. The number of benzene rings is 1. The van der Waals surface area contributed by atoms with Crippen molar-refractivity contribution in [2.75, 3.05) is 5.73 Å². The van der Waals surface area contributed by atoms with Crippen LogP contribution in [-0.2, 0) is 0 Å². The van der Waals surface area contributed by atoms with Crippen LogP contribution < -0.4 is 5.73 Å². The number of aromatic nitrogens is 4. The van der Waals surface area contributed by atoms with Gasteiger partial charge in [0.15, 0.2) is 5.82 Å². The Labute approximate surface area is 91.3 Å². The van der Waals surface area contributed by atoms with Crippen LogP contribution >= 0.6 is 0 Å². The molecule has 0 fully saturated rings. The number of anilines is 1. The minimum atomic E-state index is 0.246. The summed E-state index contributed by atoms with van der Waals surface area (Å²) in [7, 11) is 0. The van der Waals surface area contributed by atoms with E-state index < -0.39 is 0 Å². The molecule has 5 heteroatoms. The average Bonchev–Trinajstić information content (AvgIpc) is 2.75. The number of pyridine rings is 1. The van der Waals surface area contributed by atoms with Crippen LogP contribution in [0, 0.1) is 0 Å². The first-order valence-corrected chi connectivity index (χ1v) is 4.86. The second-order valence-electron chi connectivity index (χ2n) is 3.42. The highest BCUT2D eigenvalue weighted by Gasteiger charge is 2.07. The molecule has 0 atom stereocenters. The van der Waals surface area contributed by atoms with Gasteiger partial charge in [0.25, 0.3) is 0 Å². The molecule has 3 aromatic rings. The third-order valence-electron chi connectivity index (χ3n) is 2.41. The van der Waals surface area contributed by atoms with E-state index in [4.69, 9.17) is 5.73 Å². The fraction of sp³-hybridized carbons (Fsp3) is 0. The summed E-state index contributed by atoms with van der Waals surface area (Å²) >= 11 is 0. The van der Waals surface area contributed by atoms with Crippen LogP contribution in [0.3, 0.4) is 0 Å². The van der Waals surface area contributed by atoms with Gasteiger partial charge in [0.2, 0.25) is 5.95 Å². The number of nitrogens with zero attached hydrogens (tertiary/aromatic N) is 3. The zero-order valence-electron chi connectivity index (χ0n) is 8.38. The van der Waals surface area contributed by atoms with E-state index in [1.165, 1.54) is 0 Å². The zero-order chi connectivity index (χ0) is 11.0. The maximum absolute atomic E-state index is 5.49. The van der Waals surface area contributed by atoms with Gasteiger partial charge in [-0.25, -0.2) is 0 Å². The highest BCUT2D eigenvalue weighted by molar-refractivity contribution is 5.92. The van der Waals surface area contributed by atoms with Gasteiger partial charge in [-0.3, -0.25) is 10.1 Å². The van der Waals surface area contributed by atoms with Crippen LogP contribution in [-0.4, -0.2) is 20.2 Å². The van der Waals surface area contributed by atoms with Crippen molar-refractivity contribution in [2.24, 2.45) is 0 Å². The van der Waals surface area contributed by atoms with Gasteiger partial charge in [0, 0.05) is 17.1 Å². The average molecular weight is 211 g/mol. The van der Waals surface area contributed by atoms with Gasteiger partial charge in [-0.05, 0) is 12.1 Å². The molecule has 5 nitrogen and oxygen atoms in total. The molecule has 0 aliphatic heterocycles. The summed E-state index contributed by atoms with van der Waals surface area (Å²) in [6.07, 6.45) is 1.75. The molecular weight excluding hydrogens is 202 g/mol. The molecule has 78 valence electrons. The fourth-order valence-corrected chi connectivity index (χ4v) is 1.70. The lowest BCUT2D eigenvalue weighted by Crippen LogP contribution is -1.87. The van der Waals surface area contributed by atoms with E-state index in [0.717, 1.165) is 16.5 Å². The van der Waals surface area contributed by atoms with E-state index in [9.17, 15) is 0 Å². The Kier molecular flexibility index (Phi) is 1.83. The number of nitrogen functional groups attached to an aromatic ring is 1. The lowest BCUT2D eigenvalue weighted by Gasteiger charge is -2.01. The molecule has 0 radical (unpaired) electrons. The van der Waals surface area contributed by atoms with Crippen molar-refractivity contribution < 1.29 is 0 Å². The van der Waals surface area contributed by atoms with Crippen molar-refractivity contribution in [3.05, 3.63) is 36.5 Å². The van der Waals surface area contributed by atoms with Crippen LogP contribution in [0.25, 0.3) is 22.3 Å². The summed E-state index contributed by atoms with van der Waals surface area (Å²) < 4.78 is 0. The number of aromatic amines is 1. The second-order valence-corrected chi connectivity index (χ2v) is 3.42. The Morgan fingerprint density at radius 2 is 2.00 bits per heavy atom. The molecule has 0 saturated heterocycles. The van der Waals surface area contributed by atoms with E-state index >= 15 is 0 Å². The zero-order valence-corrected chi connectivity index (χ0v) is 8.38. The van der Waals surface area contributed by atoms with Gasteiger partial charge in [0.1, 0.15) is 0 Å². The van der Waals surface area contributed by atoms with Crippen molar-refractivity contribution in [1.82, 2.24) is 20.2 Å². The minimum absolute atomic E-state index is 0.246. The Hall–Kier alpha value is -2.43. The minimum Gasteiger partial charge on any atom is -0.366 e. The summed E-state index contributed by atoms with van der Waals surface area (Å²) in [6.45, 7) is 0. The smallest absolute Gasteiger partial charge is 0.239 e. The Bertz CT molecular complexity index is 638. The number of nitrogens with two attached hydrogens (primary N) is 1. The summed E-state index contributed by atoms with van der Waals surface area (Å²) in [5.41, 5.74) is 7.37. The maximum atomic E-state index is 5.49. The van der Waals surface area contributed by atoms with Crippen molar-refractivity contribution in [3.63, 3.8) is 0 Å². The van der Waals surface area contributed by atoms with Crippen LogP contribution in [0.2, 0.25) is 0 Å². The molecule has 0 saturated carbocycles. The normalized spacial score (nSPS) is 10.8. The number of H-pyrrole nitrogens is 1. The lowest BCUT2D eigenvalue weighted by molar-refractivity contribution is 1.10. The van der Waals surface area contributed by atoms with E-state index in [-0.39, 0.29) is 5.95 Å². The molecule has 1 aromatic carbocycles. The van der Waals surface area contributed by atoms with Gasteiger partial charge in [-0.15, -0.1) is 5.10 Å². The first kappa shape index (κ1) is 8.84. The molecule has 3 N–H and O–H groups in total. The number of hydrogen-bond acceptors (Lipinski definition) is 4. The highest BCUT2D eigenvalue weighted by atomic mass is 15.3. The Morgan fingerprint density at radius 1 is 1.12 bits per heavy atom. The van der Waals surface area contributed by atoms with E-state index in [0.29, 0.717) is 5.82 Å². The molecular formula is C11H9N5. The van der Waals surface area contributed by atoms with Crippen LogP contribution in [0.15, 0.2) is 36.5 Å². The lowest BCUT2D eigenvalue weighted by atomic mass is 10.1. The number of rotatable bonds is 1. The van der Waals surface area contributed by atoms with E-state index in [2.05, 4.69) is 20.2 Å². The molecule has 0 unspecified atom stereocenters. The first-order chi connectivity index (χ1) is 7.84.